The quantitative estimate of drug-likeness (QED) is 0.675. The van der Waals surface area contributed by atoms with E-state index in [9.17, 15) is 4.79 Å². The van der Waals surface area contributed by atoms with E-state index in [1.54, 1.807) is 6.20 Å². The number of aromatic amines is 1. The van der Waals surface area contributed by atoms with E-state index in [0.29, 0.717) is 0 Å². The summed E-state index contributed by atoms with van der Waals surface area (Å²) in [6.07, 6.45) is 1.65. The van der Waals surface area contributed by atoms with E-state index in [-0.39, 0.29) is 5.56 Å². The van der Waals surface area contributed by atoms with Gasteiger partial charge in [-0.1, -0.05) is 0 Å². The van der Waals surface area contributed by atoms with Crippen LogP contribution in [0.15, 0.2) is 17.1 Å². The summed E-state index contributed by atoms with van der Waals surface area (Å²) in [5.41, 5.74) is 1.02. The molecule has 0 aliphatic rings. The molecule has 1 heterocycles. The number of aryl methyl sites for hydroxylation is 1. The fraction of sp³-hybridized carbons (Fsp3) is 0.167. The van der Waals surface area contributed by atoms with E-state index in [0.717, 1.165) is 9.13 Å². The highest BCUT2D eigenvalue weighted by Crippen LogP contribution is 2.01. The summed E-state index contributed by atoms with van der Waals surface area (Å²) in [5, 5.41) is 0. The minimum atomic E-state index is -0.00407. The first-order valence-electron chi connectivity index (χ1n) is 2.55. The van der Waals surface area contributed by atoms with Gasteiger partial charge in [0.25, 0.3) is 5.56 Å². The van der Waals surface area contributed by atoms with Crippen LogP contribution in [0.25, 0.3) is 0 Å². The van der Waals surface area contributed by atoms with Crippen molar-refractivity contribution in [3.05, 3.63) is 31.8 Å². The highest BCUT2D eigenvalue weighted by Gasteiger charge is 1.94. The van der Waals surface area contributed by atoms with Crippen LogP contribution in [0.2, 0.25) is 0 Å². The third kappa shape index (κ3) is 1.32. The van der Waals surface area contributed by atoms with Crippen molar-refractivity contribution < 1.29 is 0 Å². The molecule has 0 atom stereocenters. The van der Waals surface area contributed by atoms with Crippen molar-refractivity contribution in [2.45, 2.75) is 6.92 Å². The Kier molecular flexibility index (Phi) is 1.90. The monoisotopic (exact) mass is 235 g/mol. The van der Waals surface area contributed by atoms with Crippen molar-refractivity contribution >= 4 is 22.6 Å². The van der Waals surface area contributed by atoms with Gasteiger partial charge in [0.1, 0.15) is 0 Å². The van der Waals surface area contributed by atoms with Crippen LogP contribution in [0, 0.1) is 10.5 Å². The molecule has 1 N–H and O–H groups in total. The fourth-order valence-electron chi connectivity index (χ4n) is 0.558. The van der Waals surface area contributed by atoms with Crippen molar-refractivity contribution in [2.24, 2.45) is 0 Å². The van der Waals surface area contributed by atoms with E-state index < -0.39 is 0 Å². The lowest BCUT2D eigenvalue weighted by Crippen LogP contribution is -2.09. The highest BCUT2D eigenvalue weighted by atomic mass is 127. The second-order valence-electron chi connectivity index (χ2n) is 1.80. The zero-order chi connectivity index (χ0) is 6.85. The summed E-state index contributed by atoms with van der Waals surface area (Å²) in [5.74, 6) is 0. The van der Waals surface area contributed by atoms with Crippen LogP contribution in [-0.2, 0) is 0 Å². The third-order valence-electron chi connectivity index (χ3n) is 1.09. The van der Waals surface area contributed by atoms with Gasteiger partial charge in [-0.25, -0.2) is 0 Å². The summed E-state index contributed by atoms with van der Waals surface area (Å²) in [6.45, 7) is 1.91. The molecule has 2 nitrogen and oxygen atoms in total. The molecular weight excluding hydrogens is 229 g/mol. The Labute approximate surface area is 66.4 Å². The summed E-state index contributed by atoms with van der Waals surface area (Å²) >= 11 is 2.03. The maximum Gasteiger partial charge on any atom is 0.261 e. The van der Waals surface area contributed by atoms with Crippen molar-refractivity contribution in [2.75, 3.05) is 0 Å². The molecule has 48 valence electrons. The molecule has 1 rings (SSSR count). The molecule has 0 aliphatic heterocycles. The van der Waals surface area contributed by atoms with Gasteiger partial charge in [-0.05, 0) is 41.1 Å². The first-order valence-corrected chi connectivity index (χ1v) is 3.63. The van der Waals surface area contributed by atoms with Crippen LogP contribution >= 0.6 is 22.6 Å². The van der Waals surface area contributed by atoms with Crippen molar-refractivity contribution in [1.29, 1.82) is 0 Å². The average molecular weight is 235 g/mol. The van der Waals surface area contributed by atoms with Gasteiger partial charge in [0.2, 0.25) is 0 Å². The maximum atomic E-state index is 10.8. The molecular formula is C6H6INO. The summed E-state index contributed by atoms with van der Waals surface area (Å²) < 4.78 is 0.773. The molecule has 1 aromatic heterocycles. The van der Waals surface area contributed by atoms with Gasteiger partial charge in [-0.15, -0.1) is 0 Å². The Hall–Kier alpha value is -0.320. The minimum Gasteiger partial charge on any atom is -0.328 e. The van der Waals surface area contributed by atoms with Gasteiger partial charge in [0, 0.05) is 6.20 Å². The lowest BCUT2D eigenvalue weighted by atomic mass is 10.3. The molecule has 0 unspecified atom stereocenters. The van der Waals surface area contributed by atoms with Crippen LogP contribution in [0.3, 0.4) is 0 Å². The molecule has 0 saturated carbocycles. The van der Waals surface area contributed by atoms with Crippen molar-refractivity contribution in [3.63, 3.8) is 0 Å². The van der Waals surface area contributed by atoms with Crippen LogP contribution in [0.1, 0.15) is 5.56 Å². The standard InChI is InChI=1S/C6H6INO/c1-4-2-3-8-6(9)5(4)7/h2-3H,1H3,(H,8,9). The molecule has 0 spiro atoms. The Bertz CT molecular complexity index is 266. The van der Waals surface area contributed by atoms with E-state index in [2.05, 4.69) is 4.98 Å². The van der Waals surface area contributed by atoms with Gasteiger partial charge in [-0.2, -0.15) is 0 Å². The van der Waals surface area contributed by atoms with Crippen LogP contribution in [-0.4, -0.2) is 4.98 Å². The molecule has 0 radical (unpaired) electrons. The van der Waals surface area contributed by atoms with E-state index in [1.165, 1.54) is 0 Å². The Morgan fingerprint density at radius 1 is 1.67 bits per heavy atom. The summed E-state index contributed by atoms with van der Waals surface area (Å²) in [7, 11) is 0. The second-order valence-corrected chi connectivity index (χ2v) is 2.88. The molecule has 0 fully saturated rings. The van der Waals surface area contributed by atoms with Crippen LogP contribution in [0.4, 0.5) is 0 Å². The van der Waals surface area contributed by atoms with E-state index in [1.807, 2.05) is 35.6 Å². The van der Waals surface area contributed by atoms with Gasteiger partial charge in [0.15, 0.2) is 0 Å². The zero-order valence-corrected chi connectivity index (χ0v) is 7.10. The number of H-pyrrole nitrogens is 1. The van der Waals surface area contributed by atoms with E-state index >= 15 is 0 Å². The molecule has 0 bridgehead atoms. The van der Waals surface area contributed by atoms with Crippen LogP contribution < -0.4 is 5.56 Å². The first kappa shape index (κ1) is 6.80. The Balaban J connectivity index is 3.43. The molecule has 0 saturated heterocycles. The number of aromatic nitrogens is 1. The van der Waals surface area contributed by atoms with Gasteiger partial charge in [0.05, 0.1) is 3.57 Å². The maximum absolute atomic E-state index is 10.8. The smallest absolute Gasteiger partial charge is 0.261 e. The summed E-state index contributed by atoms with van der Waals surface area (Å²) in [6, 6.07) is 1.88. The lowest BCUT2D eigenvalue weighted by Gasteiger charge is -1.91. The zero-order valence-electron chi connectivity index (χ0n) is 4.94. The normalized spacial score (nSPS) is 9.56. The number of hydrogen-bond donors (Lipinski definition) is 1. The van der Waals surface area contributed by atoms with Crippen LogP contribution in [0.5, 0.6) is 0 Å². The van der Waals surface area contributed by atoms with E-state index in [4.69, 9.17) is 0 Å². The van der Waals surface area contributed by atoms with Gasteiger partial charge < -0.3 is 4.98 Å². The Morgan fingerprint density at radius 2 is 2.33 bits per heavy atom. The Morgan fingerprint density at radius 3 is 2.78 bits per heavy atom. The summed E-state index contributed by atoms with van der Waals surface area (Å²) in [4.78, 5) is 13.4. The highest BCUT2D eigenvalue weighted by molar-refractivity contribution is 14.1. The average Bonchev–Trinajstić information content (AvgIpc) is 1.83. The third-order valence-corrected chi connectivity index (χ3v) is 2.43. The van der Waals surface area contributed by atoms with Crippen molar-refractivity contribution in [1.82, 2.24) is 4.98 Å². The number of pyridine rings is 1. The predicted molar refractivity (Wildman–Crippen MR) is 44.5 cm³/mol. The fourth-order valence-corrected chi connectivity index (χ4v) is 0.893. The number of hydrogen-bond acceptors (Lipinski definition) is 1. The SMILES string of the molecule is Cc1cc[nH]c(=O)c1I. The molecule has 3 heteroatoms. The van der Waals surface area contributed by atoms with Gasteiger partial charge >= 0.3 is 0 Å². The number of halogens is 1. The molecule has 9 heavy (non-hydrogen) atoms. The minimum absolute atomic E-state index is 0.00407. The number of rotatable bonds is 0. The molecule has 0 amide bonds. The first-order chi connectivity index (χ1) is 4.22. The largest absolute Gasteiger partial charge is 0.328 e. The van der Waals surface area contributed by atoms with Crippen molar-refractivity contribution in [3.8, 4) is 0 Å². The van der Waals surface area contributed by atoms with Gasteiger partial charge in [-0.3, -0.25) is 4.79 Å². The lowest BCUT2D eigenvalue weighted by molar-refractivity contribution is 1.18. The topological polar surface area (TPSA) is 32.9 Å². The number of nitrogens with one attached hydrogen (secondary N) is 1. The predicted octanol–water partition coefficient (Wildman–Crippen LogP) is 1.29. The molecule has 0 aromatic carbocycles. The second kappa shape index (κ2) is 2.51. The molecule has 1 aromatic rings. The molecule has 0 aliphatic carbocycles.